The summed E-state index contributed by atoms with van der Waals surface area (Å²) in [6.07, 6.45) is 0. The molecule has 2 nitrogen and oxygen atoms in total. The normalized spacial score (nSPS) is 12.6. The Morgan fingerprint density at radius 3 is 2.45 bits per heavy atom. The Hall–Kier alpha value is -1.54. The van der Waals surface area contributed by atoms with Crippen LogP contribution in [0.25, 0.3) is 0 Å². The predicted molar refractivity (Wildman–Crippen MR) is 86.1 cm³/mol. The third kappa shape index (κ3) is 3.31. The van der Waals surface area contributed by atoms with Crippen molar-refractivity contribution in [3.8, 4) is 0 Å². The number of nitrogens with zero attached hydrogens (tertiary/aromatic N) is 1. The molecule has 1 atom stereocenters. The van der Waals surface area contributed by atoms with E-state index in [1.807, 2.05) is 0 Å². The van der Waals surface area contributed by atoms with Gasteiger partial charge in [0.05, 0.1) is 0 Å². The van der Waals surface area contributed by atoms with Gasteiger partial charge in [-0.1, -0.05) is 37.3 Å². The summed E-state index contributed by atoms with van der Waals surface area (Å²) in [5.74, 6) is 0.547. The molecule has 0 aliphatic rings. The fraction of sp³-hybridized carbons (Fsp3) is 0.444. The van der Waals surface area contributed by atoms with Crippen LogP contribution in [0.15, 0.2) is 36.4 Å². The van der Waals surface area contributed by atoms with Gasteiger partial charge in [0.1, 0.15) is 0 Å². The van der Waals surface area contributed by atoms with Crippen molar-refractivity contribution >= 4 is 0 Å². The molecule has 2 aromatic rings. The van der Waals surface area contributed by atoms with E-state index < -0.39 is 0 Å². The minimum Gasteiger partial charge on any atom is -0.349 e. The van der Waals surface area contributed by atoms with Gasteiger partial charge in [-0.15, -0.1) is 0 Å². The monoisotopic (exact) mass is 270 g/mol. The molecule has 0 amide bonds. The van der Waals surface area contributed by atoms with E-state index in [4.69, 9.17) is 0 Å². The Balaban J connectivity index is 1.90. The molecule has 0 bridgehead atoms. The summed E-state index contributed by atoms with van der Waals surface area (Å²) in [6.45, 7) is 11.9. The molecule has 0 saturated carbocycles. The lowest BCUT2D eigenvalue weighted by molar-refractivity contribution is 0.611. The number of hydrogen-bond donors (Lipinski definition) is 1. The van der Waals surface area contributed by atoms with E-state index in [0.29, 0.717) is 5.92 Å². The van der Waals surface area contributed by atoms with Crippen molar-refractivity contribution in [2.75, 3.05) is 6.54 Å². The molecule has 20 heavy (non-hydrogen) atoms. The highest BCUT2D eigenvalue weighted by Crippen LogP contribution is 2.16. The zero-order chi connectivity index (χ0) is 14.5. The molecule has 0 saturated heterocycles. The molecule has 2 heteroatoms. The highest BCUT2D eigenvalue weighted by Gasteiger charge is 2.08. The summed E-state index contributed by atoms with van der Waals surface area (Å²) in [5, 5.41) is 3.59. The van der Waals surface area contributed by atoms with Crippen LogP contribution in [0.4, 0.5) is 0 Å². The maximum Gasteiger partial charge on any atom is 0.0223 e. The fourth-order valence-corrected chi connectivity index (χ4v) is 2.86. The van der Waals surface area contributed by atoms with Crippen LogP contribution in [0.2, 0.25) is 0 Å². The van der Waals surface area contributed by atoms with E-state index in [9.17, 15) is 0 Å². The van der Waals surface area contributed by atoms with E-state index in [1.54, 1.807) is 0 Å². The summed E-state index contributed by atoms with van der Waals surface area (Å²) in [6, 6.07) is 13.0. The van der Waals surface area contributed by atoms with E-state index in [2.05, 4.69) is 74.0 Å². The highest BCUT2D eigenvalue weighted by atomic mass is 15.0. The van der Waals surface area contributed by atoms with Gasteiger partial charge in [0.15, 0.2) is 0 Å². The predicted octanol–water partition coefficient (Wildman–Crippen LogP) is 4.02. The second kappa shape index (κ2) is 6.76. The lowest BCUT2D eigenvalue weighted by Crippen LogP contribution is -2.20. The lowest BCUT2D eigenvalue weighted by atomic mass is 10.0. The Labute approximate surface area is 122 Å². The maximum atomic E-state index is 3.59. The number of hydrogen-bond acceptors (Lipinski definition) is 1. The molecule has 1 heterocycles. The first-order valence-corrected chi connectivity index (χ1v) is 7.54. The summed E-state index contributed by atoms with van der Waals surface area (Å²) in [5.41, 5.74) is 5.58. The average molecular weight is 270 g/mol. The number of aryl methyl sites for hydroxylation is 1. The Kier molecular flexibility index (Phi) is 5.02. The van der Waals surface area contributed by atoms with Crippen LogP contribution in [0.3, 0.4) is 0 Å². The molecule has 108 valence electrons. The molecule has 1 unspecified atom stereocenters. The van der Waals surface area contributed by atoms with E-state index in [0.717, 1.165) is 19.6 Å². The van der Waals surface area contributed by atoms with Crippen LogP contribution in [0.5, 0.6) is 0 Å². The molecule has 0 aliphatic heterocycles. The van der Waals surface area contributed by atoms with Gasteiger partial charge in [-0.3, -0.25) is 0 Å². The van der Waals surface area contributed by atoms with E-state index in [-0.39, 0.29) is 0 Å². The molecular formula is C18H26N2. The molecule has 1 N–H and O–H groups in total. The summed E-state index contributed by atoms with van der Waals surface area (Å²) >= 11 is 0. The maximum absolute atomic E-state index is 3.59. The van der Waals surface area contributed by atoms with Crippen LogP contribution in [-0.4, -0.2) is 11.1 Å². The molecule has 0 radical (unpaired) electrons. The van der Waals surface area contributed by atoms with Crippen molar-refractivity contribution in [1.29, 1.82) is 0 Å². The number of rotatable bonds is 6. The number of nitrogens with one attached hydrogen (secondary N) is 1. The van der Waals surface area contributed by atoms with E-state index >= 15 is 0 Å². The minimum atomic E-state index is 0.547. The van der Waals surface area contributed by atoms with Gasteiger partial charge >= 0.3 is 0 Å². The smallest absolute Gasteiger partial charge is 0.0223 e. The van der Waals surface area contributed by atoms with Crippen LogP contribution in [-0.2, 0) is 13.1 Å². The van der Waals surface area contributed by atoms with Gasteiger partial charge in [0, 0.05) is 31.0 Å². The Bertz CT molecular complexity index is 540. The topological polar surface area (TPSA) is 17.0 Å². The van der Waals surface area contributed by atoms with Gasteiger partial charge < -0.3 is 9.88 Å². The molecular weight excluding hydrogens is 244 g/mol. The first kappa shape index (κ1) is 14.9. The van der Waals surface area contributed by atoms with Gasteiger partial charge in [0.25, 0.3) is 0 Å². The Morgan fingerprint density at radius 2 is 1.85 bits per heavy atom. The van der Waals surface area contributed by atoms with Crippen LogP contribution < -0.4 is 5.32 Å². The highest BCUT2D eigenvalue weighted by molar-refractivity contribution is 5.26. The summed E-state index contributed by atoms with van der Waals surface area (Å²) in [4.78, 5) is 0. The number of benzene rings is 1. The van der Waals surface area contributed by atoms with Crippen molar-refractivity contribution in [2.45, 2.75) is 46.7 Å². The van der Waals surface area contributed by atoms with Crippen LogP contribution in [0, 0.1) is 13.8 Å². The van der Waals surface area contributed by atoms with Crippen molar-refractivity contribution < 1.29 is 0 Å². The standard InChI is InChI=1S/C18H26N2/c1-5-20-15(3)11-18(16(20)4)13-19-12-14(2)17-9-7-6-8-10-17/h6-11,14,19H,5,12-13H2,1-4H3. The fourth-order valence-electron chi connectivity index (χ4n) is 2.86. The van der Waals surface area contributed by atoms with Crippen LogP contribution >= 0.6 is 0 Å². The molecule has 1 aromatic carbocycles. The molecule has 0 spiro atoms. The second-order valence-corrected chi connectivity index (χ2v) is 5.58. The summed E-state index contributed by atoms with van der Waals surface area (Å²) < 4.78 is 2.37. The quantitative estimate of drug-likeness (QED) is 0.839. The zero-order valence-electron chi connectivity index (χ0n) is 13.1. The molecule has 0 fully saturated rings. The van der Waals surface area contributed by atoms with Crippen molar-refractivity contribution in [1.82, 2.24) is 9.88 Å². The minimum absolute atomic E-state index is 0.547. The van der Waals surface area contributed by atoms with Crippen molar-refractivity contribution in [3.05, 3.63) is 58.9 Å². The van der Waals surface area contributed by atoms with E-state index in [1.165, 1.54) is 22.5 Å². The van der Waals surface area contributed by atoms with Crippen molar-refractivity contribution in [3.63, 3.8) is 0 Å². The van der Waals surface area contributed by atoms with Gasteiger partial charge in [-0.05, 0) is 43.9 Å². The SMILES string of the molecule is CCn1c(C)cc(CNCC(C)c2ccccc2)c1C. The largest absolute Gasteiger partial charge is 0.349 e. The average Bonchev–Trinajstić information content (AvgIpc) is 2.74. The first-order valence-electron chi connectivity index (χ1n) is 7.54. The zero-order valence-corrected chi connectivity index (χ0v) is 13.1. The molecule has 0 aliphatic carbocycles. The lowest BCUT2D eigenvalue weighted by Gasteiger charge is -2.13. The first-order chi connectivity index (χ1) is 9.63. The second-order valence-electron chi connectivity index (χ2n) is 5.58. The molecule has 2 rings (SSSR count). The summed E-state index contributed by atoms with van der Waals surface area (Å²) in [7, 11) is 0. The van der Waals surface area contributed by atoms with Crippen LogP contribution in [0.1, 0.15) is 42.3 Å². The van der Waals surface area contributed by atoms with Crippen molar-refractivity contribution in [2.24, 2.45) is 0 Å². The third-order valence-electron chi connectivity index (χ3n) is 4.13. The third-order valence-corrected chi connectivity index (χ3v) is 4.13. The van der Waals surface area contributed by atoms with Gasteiger partial charge in [0.2, 0.25) is 0 Å². The van der Waals surface area contributed by atoms with Gasteiger partial charge in [-0.2, -0.15) is 0 Å². The number of aromatic nitrogens is 1. The Morgan fingerprint density at radius 1 is 1.15 bits per heavy atom. The van der Waals surface area contributed by atoms with Gasteiger partial charge in [-0.25, -0.2) is 0 Å². The molecule has 1 aromatic heterocycles.